The third-order valence-electron chi connectivity index (χ3n) is 3.64. The molecule has 1 heterocycles. The summed E-state index contributed by atoms with van der Waals surface area (Å²) in [6.45, 7) is 0.278. The van der Waals surface area contributed by atoms with Gasteiger partial charge in [0, 0.05) is 6.54 Å². The first-order chi connectivity index (χ1) is 13.6. The van der Waals surface area contributed by atoms with Gasteiger partial charge in [0.15, 0.2) is 5.76 Å². The second-order valence-corrected chi connectivity index (χ2v) is 5.76. The highest BCUT2D eigenvalue weighted by Gasteiger charge is 2.12. The molecule has 3 N–H and O–H groups in total. The number of benzene rings is 2. The summed E-state index contributed by atoms with van der Waals surface area (Å²) in [6, 6.07) is 17.5. The van der Waals surface area contributed by atoms with Crippen LogP contribution >= 0.6 is 0 Å². The van der Waals surface area contributed by atoms with E-state index < -0.39 is 17.8 Å². The summed E-state index contributed by atoms with van der Waals surface area (Å²) in [5.41, 5.74) is 5.02. The minimum absolute atomic E-state index is 0.0251. The lowest BCUT2D eigenvalue weighted by molar-refractivity contribution is 0.0904. The first kappa shape index (κ1) is 19.0. The molecule has 0 unspecified atom stereocenters. The van der Waals surface area contributed by atoms with Crippen LogP contribution in [0.4, 0.5) is 9.18 Å². The van der Waals surface area contributed by atoms with Gasteiger partial charge in [-0.05, 0) is 42.0 Å². The number of para-hydroxylation sites is 1. The van der Waals surface area contributed by atoms with Gasteiger partial charge in [-0.1, -0.05) is 30.3 Å². The average Bonchev–Trinajstić information content (AvgIpc) is 3.19. The number of urea groups is 1. The number of amides is 3. The molecule has 0 saturated heterocycles. The maximum Gasteiger partial charge on any atom is 0.333 e. The Morgan fingerprint density at radius 2 is 1.79 bits per heavy atom. The smallest absolute Gasteiger partial charge is 0.333 e. The van der Waals surface area contributed by atoms with Gasteiger partial charge in [-0.3, -0.25) is 10.2 Å². The third-order valence-corrected chi connectivity index (χ3v) is 3.64. The summed E-state index contributed by atoms with van der Waals surface area (Å²) in [5.74, 6) is 0.160. The Kier molecular flexibility index (Phi) is 6.25. The second kappa shape index (κ2) is 9.22. The van der Waals surface area contributed by atoms with Crippen molar-refractivity contribution in [3.8, 4) is 5.75 Å². The predicted molar refractivity (Wildman–Crippen MR) is 98.7 cm³/mol. The molecule has 0 saturated carbocycles. The van der Waals surface area contributed by atoms with Gasteiger partial charge in [-0.2, -0.15) is 0 Å². The van der Waals surface area contributed by atoms with Gasteiger partial charge in [0.1, 0.15) is 23.9 Å². The number of nitrogens with one attached hydrogen (secondary N) is 3. The first-order valence-electron chi connectivity index (χ1n) is 8.45. The molecular weight excluding hydrogens is 365 g/mol. The van der Waals surface area contributed by atoms with Crippen LogP contribution in [0.5, 0.6) is 5.75 Å². The second-order valence-electron chi connectivity index (χ2n) is 5.76. The number of ether oxygens (including phenoxy) is 1. The number of furan rings is 1. The molecule has 0 fully saturated rings. The molecule has 1 aromatic heterocycles. The van der Waals surface area contributed by atoms with E-state index in [1.165, 1.54) is 18.2 Å². The average molecular weight is 383 g/mol. The zero-order chi connectivity index (χ0) is 19.8. The molecule has 0 aliphatic rings. The number of hydrogen-bond acceptors (Lipinski definition) is 4. The van der Waals surface area contributed by atoms with Crippen LogP contribution in [0, 0.1) is 5.82 Å². The number of hydrazine groups is 1. The number of halogens is 1. The fraction of sp³-hybridized carbons (Fsp3) is 0.100. The molecule has 0 aliphatic carbocycles. The van der Waals surface area contributed by atoms with Gasteiger partial charge in [-0.15, -0.1) is 0 Å². The van der Waals surface area contributed by atoms with Crippen molar-refractivity contribution < 1.29 is 23.1 Å². The lowest BCUT2D eigenvalue weighted by Crippen LogP contribution is -2.46. The standard InChI is InChI=1S/C20H18FN3O4/c21-15-6-4-5-14(11-15)12-22-20(26)24-23-19(25)18-10-9-17(28-18)13-27-16-7-2-1-3-8-16/h1-11H,12-13H2,(H,23,25)(H2,22,24,26). The number of hydrogen-bond donors (Lipinski definition) is 3. The lowest BCUT2D eigenvalue weighted by Gasteiger charge is -2.08. The van der Waals surface area contributed by atoms with Crippen molar-refractivity contribution in [2.75, 3.05) is 0 Å². The molecule has 0 radical (unpaired) electrons. The Balaban J connectivity index is 1.42. The van der Waals surface area contributed by atoms with E-state index in [2.05, 4.69) is 16.2 Å². The van der Waals surface area contributed by atoms with Crippen molar-refractivity contribution in [1.29, 1.82) is 0 Å². The highest BCUT2D eigenvalue weighted by molar-refractivity contribution is 5.92. The SMILES string of the molecule is O=C(NCc1cccc(F)c1)NNC(=O)c1ccc(COc2ccccc2)o1. The van der Waals surface area contributed by atoms with E-state index in [1.807, 2.05) is 30.3 Å². The minimum Gasteiger partial charge on any atom is -0.486 e. The van der Waals surface area contributed by atoms with Gasteiger partial charge < -0.3 is 14.5 Å². The van der Waals surface area contributed by atoms with Gasteiger partial charge in [0.05, 0.1) is 0 Å². The number of carbonyl (C=O) groups excluding carboxylic acids is 2. The Labute approximate surface area is 160 Å². The van der Waals surface area contributed by atoms with Crippen LogP contribution < -0.4 is 20.9 Å². The van der Waals surface area contributed by atoms with E-state index in [0.29, 0.717) is 17.1 Å². The summed E-state index contributed by atoms with van der Waals surface area (Å²) in [6.07, 6.45) is 0. The molecular formula is C20H18FN3O4. The first-order valence-corrected chi connectivity index (χ1v) is 8.45. The fourth-order valence-electron chi connectivity index (χ4n) is 2.30. The largest absolute Gasteiger partial charge is 0.486 e. The Bertz CT molecular complexity index is 943. The third kappa shape index (κ3) is 5.60. The van der Waals surface area contributed by atoms with Crippen molar-refractivity contribution in [3.05, 3.63) is 89.6 Å². The Morgan fingerprint density at radius 3 is 2.57 bits per heavy atom. The summed E-state index contributed by atoms with van der Waals surface area (Å²) >= 11 is 0. The van der Waals surface area contributed by atoms with Crippen molar-refractivity contribution >= 4 is 11.9 Å². The van der Waals surface area contributed by atoms with Crippen LogP contribution in [0.25, 0.3) is 0 Å². The van der Waals surface area contributed by atoms with E-state index in [9.17, 15) is 14.0 Å². The Hall–Kier alpha value is -3.81. The monoisotopic (exact) mass is 383 g/mol. The molecule has 3 aromatic rings. The fourth-order valence-corrected chi connectivity index (χ4v) is 2.30. The predicted octanol–water partition coefficient (Wildman–Crippen LogP) is 3.14. The highest BCUT2D eigenvalue weighted by atomic mass is 19.1. The zero-order valence-corrected chi connectivity index (χ0v) is 14.8. The lowest BCUT2D eigenvalue weighted by atomic mass is 10.2. The van der Waals surface area contributed by atoms with E-state index in [-0.39, 0.29) is 18.9 Å². The van der Waals surface area contributed by atoms with Crippen LogP contribution in [0.15, 0.2) is 71.1 Å². The molecule has 0 bridgehead atoms. The molecule has 3 rings (SSSR count). The van der Waals surface area contributed by atoms with E-state index in [1.54, 1.807) is 18.2 Å². The van der Waals surface area contributed by atoms with E-state index in [0.717, 1.165) is 0 Å². The quantitative estimate of drug-likeness (QED) is 0.570. The Morgan fingerprint density at radius 1 is 0.964 bits per heavy atom. The van der Waals surface area contributed by atoms with Gasteiger partial charge >= 0.3 is 11.9 Å². The van der Waals surface area contributed by atoms with E-state index >= 15 is 0 Å². The van der Waals surface area contributed by atoms with Crippen LogP contribution in [0.3, 0.4) is 0 Å². The zero-order valence-electron chi connectivity index (χ0n) is 14.8. The topological polar surface area (TPSA) is 92.6 Å². The van der Waals surface area contributed by atoms with Crippen LogP contribution in [-0.2, 0) is 13.2 Å². The van der Waals surface area contributed by atoms with E-state index in [4.69, 9.17) is 9.15 Å². The highest BCUT2D eigenvalue weighted by Crippen LogP contribution is 2.13. The molecule has 0 aliphatic heterocycles. The molecule has 144 valence electrons. The summed E-state index contributed by atoms with van der Waals surface area (Å²) in [4.78, 5) is 23.7. The summed E-state index contributed by atoms with van der Waals surface area (Å²) in [5, 5.41) is 2.49. The van der Waals surface area contributed by atoms with Crippen LogP contribution in [0.1, 0.15) is 21.9 Å². The van der Waals surface area contributed by atoms with Crippen LogP contribution in [0.2, 0.25) is 0 Å². The summed E-state index contributed by atoms with van der Waals surface area (Å²) < 4.78 is 24.0. The molecule has 28 heavy (non-hydrogen) atoms. The van der Waals surface area contributed by atoms with Crippen molar-refractivity contribution in [3.63, 3.8) is 0 Å². The van der Waals surface area contributed by atoms with Crippen molar-refractivity contribution in [2.24, 2.45) is 0 Å². The van der Waals surface area contributed by atoms with Crippen molar-refractivity contribution in [2.45, 2.75) is 13.2 Å². The van der Waals surface area contributed by atoms with Gasteiger partial charge in [-0.25, -0.2) is 14.6 Å². The van der Waals surface area contributed by atoms with Crippen LogP contribution in [-0.4, -0.2) is 11.9 Å². The maximum absolute atomic E-state index is 13.1. The normalized spacial score (nSPS) is 10.2. The summed E-state index contributed by atoms with van der Waals surface area (Å²) in [7, 11) is 0. The number of rotatable bonds is 6. The maximum atomic E-state index is 13.1. The molecule has 8 heteroatoms. The molecule has 7 nitrogen and oxygen atoms in total. The molecule has 2 aromatic carbocycles. The minimum atomic E-state index is -0.642. The van der Waals surface area contributed by atoms with Gasteiger partial charge in [0.2, 0.25) is 0 Å². The molecule has 3 amide bonds. The molecule has 0 atom stereocenters. The van der Waals surface area contributed by atoms with Gasteiger partial charge in [0.25, 0.3) is 0 Å². The molecule has 0 spiro atoms. The van der Waals surface area contributed by atoms with Crippen molar-refractivity contribution in [1.82, 2.24) is 16.2 Å². The number of carbonyl (C=O) groups is 2.